The lowest BCUT2D eigenvalue weighted by Crippen LogP contribution is -2.24. The Morgan fingerprint density at radius 3 is 3.00 bits per heavy atom. The number of nitrogens with one attached hydrogen (secondary N) is 1. The van der Waals surface area contributed by atoms with Gasteiger partial charge in [0.2, 0.25) is 5.91 Å². The van der Waals surface area contributed by atoms with E-state index in [4.69, 9.17) is 9.15 Å². The summed E-state index contributed by atoms with van der Waals surface area (Å²) in [5.41, 5.74) is 0. The fourth-order valence-electron chi connectivity index (χ4n) is 1.44. The van der Waals surface area contributed by atoms with Gasteiger partial charge in [0.05, 0.1) is 6.26 Å². The molecule has 0 saturated carbocycles. The standard InChI is InChI=1S/C13H20BrNO3/c14-7-2-1-6-13(16)15-8-4-9-17-11-12-5-3-10-18-12/h3,5,10H,1-2,4,6-9,11H2,(H,15,16). The molecule has 0 spiro atoms. The predicted octanol–water partition coefficient (Wildman–Crippen LogP) is 2.87. The Bertz CT molecular complexity index is 314. The normalized spacial score (nSPS) is 10.5. The van der Waals surface area contributed by atoms with Crippen molar-refractivity contribution in [3.05, 3.63) is 24.2 Å². The van der Waals surface area contributed by atoms with Crippen LogP contribution in [0.5, 0.6) is 0 Å². The Labute approximate surface area is 116 Å². The Hall–Kier alpha value is -0.810. The Kier molecular flexibility index (Phi) is 8.59. The second-order valence-electron chi connectivity index (χ2n) is 3.98. The monoisotopic (exact) mass is 317 g/mol. The number of amides is 1. The molecule has 1 aromatic heterocycles. The third kappa shape index (κ3) is 7.50. The second-order valence-corrected chi connectivity index (χ2v) is 4.77. The molecular weight excluding hydrogens is 298 g/mol. The minimum atomic E-state index is 0.127. The molecule has 0 unspecified atom stereocenters. The lowest BCUT2D eigenvalue weighted by molar-refractivity contribution is -0.121. The molecule has 0 aromatic carbocycles. The zero-order valence-electron chi connectivity index (χ0n) is 10.5. The van der Waals surface area contributed by atoms with Crippen molar-refractivity contribution in [3.63, 3.8) is 0 Å². The summed E-state index contributed by atoms with van der Waals surface area (Å²) in [6.07, 6.45) is 5.04. The van der Waals surface area contributed by atoms with Crippen LogP contribution in [-0.2, 0) is 16.1 Å². The first-order valence-corrected chi connectivity index (χ1v) is 7.38. The van der Waals surface area contributed by atoms with Crippen LogP contribution in [0.15, 0.2) is 22.8 Å². The minimum Gasteiger partial charge on any atom is -0.467 e. The van der Waals surface area contributed by atoms with Gasteiger partial charge in [0.15, 0.2) is 0 Å². The van der Waals surface area contributed by atoms with Gasteiger partial charge >= 0.3 is 0 Å². The molecule has 1 heterocycles. The van der Waals surface area contributed by atoms with Crippen LogP contribution in [0.4, 0.5) is 0 Å². The molecule has 102 valence electrons. The van der Waals surface area contributed by atoms with E-state index in [0.29, 0.717) is 26.2 Å². The number of hydrogen-bond donors (Lipinski definition) is 1. The van der Waals surface area contributed by atoms with E-state index >= 15 is 0 Å². The molecule has 1 amide bonds. The third-order valence-corrected chi connectivity index (χ3v) is 2.96. The van der Waals surface area contributed by atoms with Gasteiger partial charge in [-0.25, -0.2) is 0 Å². The summed E-state index contributed by atoms with van der Waals surface area (Å²) in [4.78, 5) is 11.4. The lowest BCUT2D eigenvalue weighted by atomic mass is 10.2. The Balaban J connectivity index is 1.87. The van der Waals surface area contributed by atoms with Crippen molar-refractivity contribution in [1.82, 2.24) is 5.32 Å². The highest BCUT2D eigenvalue weighted by atomic mass is 79.9. The first kappa shape index (κ1) is 15.2. The first-order valence-electron chi connectivity index (χ1n) is 6.25. The van der Waals surface area contributed by atoms with Crippen LogP contribution in [0.25, 0.3) is 0 Å². The topological polar surface area (TPSA) is 51.5 Å². The van der Waals surface area contributed by atoms with E-state index in [9.17, 15) is 4.79 Å². The van der Waals surface area contributed by atoms with Crippen LogP contribution in [0.2, 0.25) is 0 Å². The van der Waals surface area contributed by atoms with Crippen molar-refractivity contribution >= 4 is 21.8 Å². The van der Waals surface area contributed by atoms with Gasteiger partial charge < -0.3 is 14.5 Å². The van der Waals surface area contributed by atoms with Crippen molar-refractivity contribution in [3.8, 4) is 0 Å². The number of hydrogen-bond acceptors (Lipinski definition) is 3. The van der Waals surface area contributed by atoms with Gasteiger partial charge in [0.25, 0.3) is 0 Å². The van der Waals surface area contributed by atoms with Crippen molar-refractivity contribution in [2.24, 2.45) is 0 Å². The van der Waals surface area contributed by atoms with E-state index in [1.807, 2.05) is 12.1 Å². The van der Waals surface area contributed by atoms with Gasteiger partial charge in [-0.1, -0.05) is 15.9 Å². The van der Waals surface area contributed by atoms with Crippen LogP contribution < -0.4 is 5.32 Å². The average molecular weight is 318 g/mol. The van der Waals surface area contributed by atoms with E-state index < -0.39 is 0 Å². The maximum atomic E-state index is 11.4. The van der Waals surface area contributed by atoms with E-state index in [1.54, 1.807) is 6.26 Å². The molecule has 0 bridgehead atoms. The maximum Gasteiger partial charge on any atom is 0.219 e. The SMILES string of the molecule is O=C(CCCCBr)NCCCOCc1ccco1. The van der Waals surface area contributed by atoms with E-state index in [2.05, 4.69) is 21.2 Å². The predicted molar refractivity (Wildman–Crippen MR) is 73.6 cm³/mol. The van der Waals surface area contributed by atoms with Crippen molar-refractivity contribution in [2.75, 3.05) is 18.5 Å². The molecule has 5 heteroatoms. The Morgan fingerprint density at radius 1 is 1.39 bits per heavy atom. The second kappa shape index (κ2) is 10.1. The summed E-state index contributed by atoms with van der Waals surface area (Å²) >= 11 is 3.34. The van der Waals surface area contributed by atoms with Gasteiger partial charge in [-0.15, -0.1) is 0 Å². The van der Waals surface area contributed by atoms with E-state index in [1.165, 1.54) is 0 Å². The number of unbranched alkanes of at least 4 members (excludes halogenated alkanes) is 1. The van der Waals surface area contributed by atoms with Gasteiger partial charge in [-0.2, -0.15) is 0 Å². The number of halogens is 1. The molecule has 0 radical (unpaired) electrons. The summed E-state index contributed by atoms with van der Waals surface area (Å²) < 4.78 is 10.5. The fourth-order valence-corrected chi connectivity index (χ4v) is 1.83. The van der Waals surface area contributed by atoms with E-state index in [0.717, 1.165) is 30.4 Å². The highest BCUT2D eigenvalue weighted by Gasteiger charge is 2.00. The maximum absolute atomic E-state index is 11.4. The third-order valence-electron chi connectivity index (χ3n) is 2.40. The average Bonchev–Trinajstić information content (AvgIpc) is 2.87. The van der Waals surface area contributed by atoms with Crippen LogP contribution in [0.1, 0.15) is 31.4 Å². The smallest absolute Gasteiger partial charge is 0.219 e. The molecule has 1 N–H and O–H groups in total. The number of rotatable bonds is 10. The summed E-state index contributed by atoms with van der Waals surface area (Å²) in [6, 6.07) is 3.72. The zero-order chi connectivity index (χ0) is 13.1. The molecule has 0 saturated heterocycles. The van der Waals surface area contributed by atoms with Gasteiger partial charge in [0, 0.05) is 24.9 Å². The highest BCUT2D eigenvalue weighted by Crippen LogP contribution is 2.02. The molecule has 4 nitrogen and oxygen atoms in total. The minimum absolute atomic E-state index is 0.127. The van der Waals surface area contributed by atoms with Crippen molar-refractivity contribution in [2.45, 2.75) is 32.3 Å². The summed E-state index contributed by atoms with van der Waals surface area (Å²) in [6.45, 7) is 1.79. The van der Waals surface area contributed by atoms with Crippen LogP contribution in [0, 0.1) is 0 Å². The van der Waals surface area contributed by atoms with Crippen LogP contribution >= 0.6 is 15.9 Å². The van der Waals surface area contributed by atoms with E-state index in [-0.39, 0.29) is 5.91 Å². The Morgan fingerprint density at radius 2 is 2.28 bits per heavy atom. The number of carbonyl (C=O) groups is 1. The summed E-state index contributed by atoms with van der Waals surface area (Å²) in [5.74, 6) is 0.954. The van der Waals surface area contributed by atoms with Crippen molar-refractivity contribution in [1.29, 1.82) is 0 Å². The largest absolute Gasteiger partial charge is 0.467 e. The quantitative estimate of drug-likeness (QED) is 0.533. The molecule has 0 aliphatic carbocycles. The molecule has 0 aliphatic heterocycles. The van der Waals surface area contributed by atoms with Crippen molar-refractivity contribution < 1.29 is 13.9 Å². The molecule has 1 aromatic rings. The lowest BCUT2D eigenvalue weighted by Gasteiger charge is -2.05. The van der Waals surface area contributed by atoms with Crippen LogP contribution in [0.3, 0.4) is 0 Å². The van der Waals surface area contributed by atoms with Gasteiger partial charge in [-0.3, -0.25) is 4.79 Å². The highest BCUT2D eigenvalue weighted by molar-refractivity contribution is 9.09. The summed E-state index contributed by atoms with van der Waals surface area (Å²) in [7, 11) is 0. The zero-order valence-corrected chi connectivity index (χ0v) is 12.1. The molecule has 0 atom stereocenters. The first-order chi connectivity index (χ1) is 8.83. The number of ether oxygens (including phenoxy) is 1. The van der Waals surface area contributed by atoms with Gasteiger partial charge in [0.1, 0.15) is 12.4 Å². The fraction of sp³-hybridized carbons (Fsp3) is 0.615. The molecule has 0 fully saturated rings. The molecular formula is C13H20BrNO3. The van der Waals surface area contributed by atoms with Crippen LogP contribution in [-0.4, -0.2) is 24.4 Å². The number of alkyl halides is 1. The number of carbonyl (C=O) groups excluding carboxylic acids is 1. The van der Waals surface area contributed by atoms with Gasteiger partial charge in [-0.05, 0) is 31.4 Å². The molecule has 18 heavy (non-hydrogen) atoms. The number of furan rings is 1. The summed E-state index contributed by atoms with van der Waals surface area (Å²) in [5, 5.41) is 3.84. The molecule has 0 aliphatic rings. The molecule has 1 rings (SSSR count).